The molecule has 0 bridgehead atoms. The number of ether oxygens (including phenoxy) is 2. The van der Waals surface area contributed by atoms with Crippen molar-refractivity contribution in [3.05, 3.63) is 105 Å². The van der Waals surface area contributed by atoms with E-state index >= 15 is 0 Å². The quantitative estimate of drug-likeness (QED) is 0.253. The molecule has 11 heteroatoms. The maximum atomic E-state index is 13.4. The molecule has 220 valence electrons. The van der Waals surface area contributed by atoms with Crippen molar-refractivity contribution in [2.24, 2.45) is 0 Å². The van der Waals surface area contributed by atoms with Crippen molar-refractivity contribution in [3.8, 4) is 11.5 Å². The fourth-order valence-electron chi connectivity index (χ4n) is 4.59. The number of aromatic nitrogens is 2. The Morgan fingerprint density at radius 3 is 2.29 bits per heavy atom. The number of halogens is 1. The second-order valence-electron chi connectivity index (χ2n) is 9.64. The summed E-state index contributed by atoms with van der Waals surface area (Å²) < 4.78 is 26.0. The zero-order valence-corrected chi connectivity index (χ0v) is 23.5. The van der Waals surface area contributed by atoms with Gasteiger partial charge in [-0.15, -0.1) is 0 Å². The smallest absolute Gasteiger partial charge is 0.331 e. The normalized spacial score (nSPS) is 10.8. The number of nitrogens with zero attached hydrogens (tertiary/aromatic N) is 2. The van der Waals surface area contributed by atoms with Crippen LogP contribution in [0.1, 0.15) is 24.0 Å². The van der Waals surface area contributed by atoms with E-state index in [2.05, 4.69) is 10.6 Å². The van der Waals surface area contributed by atoms with E-state index in [0.29, 0.717) is 35.4 Å². The number of carbonyl (C=O) groups excluding carboxylic acids is 2. The summed E-state index contributed by atoms with van der Waals surface area (Å²) in [7, 11) is 3.11. The van der Waals surface area contributed by atoms with Gasteiger partial charge in [-0.25, -0.2) is 9.18 Å². The van der Waals surface area contributed by atoms with Crippen molar-refractivity contribution in [2.75, 3.05) is 20.8 Å². The number of carbonyl (C=O) groups is 2. The number of nitrogens with one attached hydrogen (secondary N) is 2. The SMILES string of the molecule is COc1ccc(CCNC(=O)Cn2c(=O)n(CCCC(=O)NCc3ccc(F)cc3)c(=O)c3ccccc32)cc1OC. The molecule has 0 saturated carbocycles. The van der Waals surface area contributed by atoms with Gasteiger partial charge in [0, 0.05) is 26.1 Å². The third kappa shape index (κ3) is 7.42. The zero-order chi connectivity index (χ0) is 30.1. The number of fused-ring (bicyclic) bond motifs is 1. The van der Waals surface area contributed by atoms with Crippen molar-refractivity contribution < 1.29 is 23.5 Å². The molecule has 4 aromatic rings. The van der Waals surface area contributed by atoms with E-state index in [1.807, 2.05) is 12.1 Å². The van der Waals surface area contributed by atoms with Gasteiger partial charge in [-0.3, -0.25) is 23.5 Å². The van der Waals surface area contributed by atoms with Gasteiger partial charge in [0.05, 0.1) is 25.1 Å². The third-order valence-corrected chi connectivity index (χ3v) is 6.81. The summed E-state index contributed by atoms with van der Waals surface area (Å²) in [6.07, 6.45) is 0.848. The van der Waals surface area contributed by atoms with Crippen LogP contribution in [0, 0.1) is 5.82 Å². The Balaban J connectivity index is 1.40. The number of amides is 2. The first-order valence-corrected chi connectivity index (χ1v) is 13.5. The molecule has 2 N–H and O–H groups in total. The van der Waals surface area contributed by atoms with Crippen LogP contribution < -0.4 is 31.4 Å². The highest BCUT2D eigenvalue weighted by molar-refractivity contribution is 5.81. The summed E-state index contributed by atoms with van der Waals surface area (Å²) in [5, 5.41) is 5.88. The molecule has 1 heterocycles. The molecular weight excluding hydrogens is 543 g/mol. The molecule has 0 aliphatic rings. The molecule has 1 aromatic heterocycles. The van der Waals surface area contributed by atoms with Gasteiger partial charge in [0.15, 0.2) is 11.5 Å². The first kappa shape index (κ1) is 30.0. The Labute approximate surface area is 241 Å². The highest BCUT2D eigenvalue weighted by Crippen LogP contribution is 2.27. The van der Waals surface area contributed by atoms with Gasteiger partial charge < -0.3 is 20.1 Å². The summed E-state index contributed by atoms with van der Waals surface area (Å²) >= 11 is 0. The lowest BCUT2D eigenvalue weighted by molar-refractivity contribution is -0.122. The molecule has 3 aromatic carbocycles. The fourth-order valence-corrected chi connectivity index (χ4v) is 4.59. The van der Waals surface area contributed by atoms with E-state index in [4.69, 9.17) is 9.47 Å². The molecule has 0 saturated heterocycles. The van der Waals surface area contributed by atoms with Crippen LogP contribution in [0.2, 0.25) is 0 Å². The summed E-state index contributed by atoms with van der Waals surface area (Å²) in [5.41, 5.74) is 0.940. The molecule has 0 unspecified atom stereocenters. The van der Waals surface area contributed by atoms with Crippen LogP contribution in [0.25, 0.3) is 10.9 Å². The predicted octanol–water partition coefficient (Wildman–Crippen LogP) is 2.78. The Morgan fingerprint density at radius 2 is 1.55 bits per heavy atom. The van der Waals surface area contributed by atoms with Crippen molar-refractivity contribution in [2.45, 2.75) is 38.9 Å². The van der Waals surface area contributed by atoms with Crippen molar-refractivity contribution in [1.29, 1.82) is 0 Å². The number of para-hydroxylation sites is 1. The molecule has 0 atom stereocenters. The first-order valence-electron chi connectivity index (χ1n) is 13.5. The molecule has 0 radical (unpaired) electrons. The van der Waals surface area contributed by atoms with Gasteiger partial charge in [0.2, 0.25) is 11.8 Å². The highest BCUT2D eigenvalue weighted by Gasteiger charge is 2.16. The zero-order valence-electron chi connectivity index (χ0n) is 23.5. The molecule has 10 nitrogen and oxygen atoms in total. The van der Waals surface area contributed by atoms with Gasteiger partial charge >= 0.3 is 5.69 Å². The van der Waals surface area contributed by atoms with Crippen LogP contribution >= 0.6 is 0 Å². The van der Waals surface area contributed by atoms with Gasteiger partial charge in [-0.1, -0.05) is 30.3 Å². The topological polar surface area (TPSA) is 121 Å². The average molecular weight is 577 g/mol. The summed E-state index contributed by atoms with van der Waals surface area (Å²) in [4.78, 5) is 51.7. The summed E-state index contributed by atoms with van der Waals surface area (Å²) in [5.74, 6) is 0.198. The maximum absolute atomic E-state index is 13.4. The second-order valence-corrected chi connectivity index (χ2v) is 9.64. The Kier molecular flexibility index (Phi) is 10.1. The number of rotatable bonds is 13. The van der Waals surface area contributed by atoms with E-state index in [1.54, 1.807) is 56.7 Å². The van der Waals surface area contributed by atoms with E-state index in [9.17, 15) is 23.6 Å². The van der Waals surface area contributed by atoms with E-state index in [1.165, 1.54) is 16.7 Å². The maximum Gasteiger partial charge on any atom is 0.331 e. The number of hydrogen-bond acceptors (Lipinski definition) is 6. The van der Waals surface area contributed by atoms with E-state index in [0.717, 1.165) is 15.7 Å². The van der Waals surface area contributed by atoms with Crippen molar-refractivity contribution >= 4 is 22.7 Å². The second kappa shape index (κ2) is 14.1. The monoisotopic (exact) mass is 576 g/mol. The van der Waals surface area contributed by atoms with Gasteiger partial charge in [0.1, 0.15) is 12.4 Å². The number of hydrogen-bond donors (Lipinski definition) is 2. The predicted molar refractivity (Wildman–Crippen MR) is 156 cm³/mol. The van der Waals surface area contributed by atoms with E-state index < -0.39 is 11.2 Å². The van der Waals surface area contributed by atoms with E-state index in [-0.39, 0.29) is 50.1 Å². The highest BCUT2D eigenvalue weighted by atomic mass is 19.1. The molecular formula is C31H33FN4O6. The lowest BCUT2D eigenvalue weighted by Gasteiger charge is -2.14. The number of benzene rings is 3. The first-order chi connectivity index (χ1) is 20.3. The average Bonchev–Trinajstić information content (AvgIpc) is 3.00. The van der Waals surface area contributed by atoms with Crippen molar-refractivity contribution in [3.63, 3.8) is 0 Å². The Morgan fingerprint density at radius 1 is 0.833 bits per heavy atom. The van der Waals surface area contributed by atoms with Gasteiger partial charge in [-0.05, 0) is 60.4 Å². The molecule has 0 aliphatic carbocycles. The molecule has 2 amide bonds. The third-order valence-electron chi connectivity index (χ3n) is 6.81. The molecule has 0 spiro atoms. The minimum Gasteiger partial charge on any atom is -0.493 e. The molecule has 0 fully saturated rings. The summed E-state index contributed by atoms with van der Waals surface area (Å²) in [6.45, 7) is 0.299. The van der Waals surface area contributed by atoms with Gasteiger partial charge in [-0.2, -0.15) is 0 Å². The fraction of sp³-hybridized carbons (Fsp3) is 0.290. The Hall–Kier alpha value is -4.93. The largest absolute Gasteiger partial charge is 0.493 e. The van der Waals surface area contributed by atoms with Crippen LogP contribution in [-0.4, -0.2) is 41.7 Å². The van der Waals surface area contributed by atoms with Crippen LogP contribution in [0.3, 0.4) is 0 Å². The number of methoxy groups -OCH3 is 2. The minimum atomic E-state index is -0.625. The lowest BCUT2D eigenvalue weighted by atomic mass is 10.1. The van der Waals surface area contributed by atoms with Crippen LogP contribution in [0.4, 0.5) is 4.39 Å². The van der Waals surface area contributed by atoms with Crippen LogP contribution in [0.15, 0.2) is 76.3 Å². The standard InChI is InChI=1S/C31H33FN4O6/c1-41-26-14-11-21(18-27(26)42-2)15-16-33-29(38)20-36-25-7-4-3-6-24(25)30(39)35(31(36)40)17-5-8-28(37)34-19-22-9-12-23(32)13-10-22/h3-4,6-7,9-14,18H,5,8,15-17,19-20H2,1-2H3,(H,33,38)(H,34,37). The molecule has 0 aliphatic heterocycles. The van der Waals surface area contributed by atoms with Crippen molar-refractivity contribution in [1.82, 2.24) is 19.8 Å². The Bertz CT molecular complexity index is 1680. The lowest BCUT2D eigenvalue weighted by Crippen LogP contribution is -2.43. The van der Waals surface area contributed by atoms with Crippen LogP contribution in [0.5, 0.6) is 11.5 Å². The molecule has 4 rings (SSSR count). The minimum absolute atomic E-state index is 0.00733. The molecule has 42 heavy (non-hydrogen) atoms. The van der Waals surface area contributed by atoms with Gasteiger partial charge in [0.25, 0.3) is 5.56 Å². The summed E-state index contributed by atoms with van der Waals surface area (Å²) in [6, 6.07) is 17.9. The van der Waals surface area contributed by atoms with Crippen LogP contribution in [-0.2, 0) is 35.6 Å².